The van der Waals surface area contributed by atoms with Gasteiger partial charge in [-0.3, -0.25) is 0 Å². The molecule has 0 aliphatic carbocycles. The fraction of sp³-hybridized carbons (Fsp3) is 0.333. The summed E-state index contributed by atoms with van der Waals surface area (Å²) < 4.78 is 12.1. The number of carboxylic acid groups (broad SMARTS) is 1. The first-order valence-electron chi connectivity index (χ1n) is 5.43. The topological polar surface area (TPSA) is 73.6 Å². The highest BCUT2D eigenvalue weighted by atomic mass is 16.5. The van der Waals surface area contributed by atoms with Crippen molar-refractivity contribution in [3.8, 4) is 5.75 Å². The third kappa shape index (κ3) is 2.28. The maximum atomic E-state index is 11.1. The van der Waals surface area contributed by atoms with Gasteiger partial charge in [0.2, 0.25) is 0 Å². The second kappa shape index (κ2) is 5.05. The second-order valence-electron chi connectivity index (χ2n) is 3.84. The molecule has 18 heavy (non-hydrogen) atoms. The number of benzene rings is 1. The number of aromatic nitrogens is 2. The number of methoxy groups -OCH3 is 1. The van der Waals surface area contributed by atoms with Crippen molar-refractivity contribution in [2.24, 2.45) is 7.05 Å². The van der Waals surface area contributed by atoms with Crippen molar-refractivity contribution >= 4 is 17.0 Å². The predicted molar refractivity (Wildman–Crippen MR) is 65.0 cm³/mol. The molecule has 6 heteroatoms. The fourth-order valence-corrected chi connectivity index (χ4v) is 1.67. The largest absolute Gasteiger partial charge is 0.489 e. The summed E-state index contributed by atoms with van der Waals surface area (Å²) in [5.41, 5.74) is 1.56. The van der Waals surface area contributed by atoms with E-state index in [4.69, 9.17) is 14.6 Å². The zero-order valence-corrected chi connectivity index (χ0v) is 10.2. The SMILES string of the molecule is COCCOc1cc(C(=O)O)cc2c1ncn2C. The Labute approximate surface area is 104 Å². The molecule has 0 saturated carbocycles. The molecular weight excluding hydrogens is 236 g/mol. The Hall–Kier alpha value is -2.08. The number of ether oxygens (including phenoxy) is 2. The molecule has 1 heterocycles. The van der Waals surface area contributed by atoms with Crippen molar-refractivity contribution < 1.29 is 19.4 Å². The van der Waals surface area contributed by atoms with Gasteiger partial charge in [-0.05, 0) is 12.1 Å². The standard InChI is InChI=1S/C12H14N2O4/c1-14-7-13-11-9(14)5-8(12(15)16)6-10(11)18-4-3-17-2/h5-7H,3-4H2,1-2H3,(H,15,16). The van der Waals surface area contributed by atoms with E-state index in [0.717, 1.165) is 5.52 Å². The molecule has 1 N–H and O–H groups in total. The lowest BCUT2D eigenvalue weighted by Gasteiger charge is -2.07. The van der Waals surface area contributed by atoms with Crippen molar-refractivity contribution in [2.75, 3.05) is 20.3 Å². The number of carbonyl (C=O) groups is 1. The highest BCUT2D eigenvalue weighted by molar-refractivity contribution is 5.95. The van der Waals surface area contributed by atoms with E-state index >= 15 is 0 Å². The van der Waals surface area contributed by atoms with E-state index < -0.39 is 5.97 Å². The van der Waals surface area contributed by atoms with E-state index in [0.29, 0.717) is 24.5 Å². The third-order valence-corrected chi connectivity index (χ3v) is 2.59. The number of hydrogen-bond acceptors (Lipinski definition) is 4. The third-order valence-electron chi connectivity index (χ3n) is 2.59. The van der Waals surface area contributed by atoms with Crippen LogP contribution in [0.25, 0.3) is 11.0 Å². The van der Waals surface area contributed by atoms with Crippen molar-refractivity contribution in [3.63, 3.8) is 0 Å². The number of aromatic carboxylic acids is 1. The number of fused-ring (bicyclic) bond motifs is 1. The molecule has 0 fully saturated rings. The molecule has 6 nitrogen and oxygen atoms in total. The number of hydrogen-bond donors (Lipinski definition) is 1. The van der Waals surface area contributed by atoms with Gasteiger partial charge in [0.05, 0.1) is 24.0 Å². The van der Waals surface area contributed by atoms with Crippen LogP contribution in [0.1, 0.15) is 10.4 Å². The first-order chi connectivity index (χ1) is 8.63. The first-order valence-corrected chi connectivity index (χ1v) is 5.43. The van der Waals surface area contributed by atoms with Crippen LogP contribution in [0.15, 0.2) is 18.5 Å². The summed E-state index contributed by atoms with van der Waals surface area (Å²) in [6.07, 6.45) is 1.62. The molecule has 0 saturated heterocycles. The molecule has 1 aromatic carbocycles. The van der Waals surface area contributed by atoms with Gasteiger partial charge in [-0.25, -0.2) is 9.78 Å². The van der Waals surface area contributed by atoms with Crippen molar-refractivity contribution in [1.82, 2.24) is 9.55 Å². The minimum Gasteiger partial charge on any atom is -0.489 e. The summed E-state index contributed by atoms with van der Waals surface area (Å²) in [5.74, 6) is -0.530. The Kier molecular flexibility index (Phi) is 3.47. The Balaban J connectivity index is 2.44. The summed E-state index contributed by atoms with van der Waals surface area (Å²) in [4.78, 5) is 15.3. The van der Waals surface area contributed by atoms with Crippen LogP contribution in [-0.2, 0) is 11.8 Å². The zero-order chi connectivity index (χ0) is 13.1. The van der Waals surface area contributed by atoms with Crippen LogP contribution in [0.5, 0.6) is 5.75 Å². The molecule has 2 aromatic rings. The Morgan fingerprint density at radius 2 is 2.22 bits per heavy atom. The van der Waals surface area contributed by atoms with E-state index in [1.807, 2.05) is 0 Å². The molecule has 0 amide bonds. The summed E-state index contributed by atoms with van der Waals surface area (Å²) in [7, 11) is 3.38. The molecular formula is C12H14N2O4. The summed E-state index contributed by atoms with van der Waals surface area (Å²) in [6.45, 7) is 0.789. The molecule has 0 aliphatic rings. The average Bonchev–Trinajstić information content (AvgIpc) is 2.71. The van der Waals surface area contributed by atoms with Crippen molar-refractivity contribution in [3.05, 3.63) is 24.0 Å². The van der Waals surface area contributed by atoms with Crippen LogP contribution in [0, 0.1) is 0 Å². The number of rotatable bonds is 5. The zero-order valence-electron chi connectivity index (χ0n) is 10.2. The summed E-state index contributed by atoms with van der Waals surface area (Å²) >= 11 is 0. The summed E-state index contributed by atoms with van der Waals surface area (Å²) in [5, 5.41) is 9.06. The molecule has 0 radical (unpaired) electrons. The van der Waals surface area contributed by atoms with Gasteiger partial charge in [0.15, 0.2) is 0 Å². The molecule has 0 bridgehead atoms. The van der Waals surface area contributed by atoms with Gasteiger partial charge in [-0.1, -0.05) is 0 Å². The van der Waals surface area contributed by atoms with Crippen LogP contribution >= 0.6 is 0 Å². The van der Waals surface area contributed by atoms with E-state index in [9.17, 15) is 4.79 Å². The minimum absolute atomic E-state index is 0.179. The van der Waals surface area contributed by atoms with Crippen molar-refractivity contribution in [2.45, 2.75) is 0 Å². The highest BCUT2D eigenvalue weighted by Gasteiger charge is 2.13. The van der Waals surface area contributed by atoms with Crippen LogP contribution in [0.3, 0.4) is 0 Å². The van der Waals surface area contributed by atoms with E-state index in [1.54, 1.807) is 31.1 Å². The molecule has 1 aromatic heterocycles. The molecule has 0 spiro atoms. The lowest BCUT2D eigenvalue weighted by molar-refractivity contribution is 0.0696. The molecule has 0 aliphatic heterocycles. The van der Waals surface area contributed by atoms with Crippen LogP contribution in [-0.4, -0.2) is 41.0 Å². The Morgan fingerprint density at radius 1 is 1.44 bits per heavy atom. The van der Waals surface area contributed by atoms with E-state index in [2.05, 4.69) is 4.98 Å². The maximum Gasteiger partial charge on any atom is 0.335 e. The van der Waals surface area contributed by atoms with E-state index in [1.165, 1.54) is 6.07 Å². The van der Waals surface area contributed by atoms with Gasteiger partial charge in [0.1, 0.15) is 17.9 Å². The number of aryl methyl sites for hydroxylation is 1. The van der Waals surface area contributed by atoms with Crippen LogP contribution in [0.4, 0.5) is 0 Å². The summed E-state index contributed by atoms with van der Waals surface area (Å²) in [6, 6.07) is 3.06. The highest BCUT2D eigenvalue weighted by Crippen LogP contribution is 2.26. The maximum absolute atomic E-state index is 11.1. The average molecular weight is 250 g/mol. The van der Waals surface area contributed by atoms with Gasteiger partial charge in [-0.2, -0.15) is 0 Å². The van der Waals surface area contributed by atoms with Gasteiger partial charge in [0.25, 0.3) is 0 Å². The number of carboxylic acids is 1. The van der Waals surface area contributed by atoms with Crippen LogP contribution < -0.4 is 4.74 Å². The Bertz CT molecular complexity index is 577. The predicted octanol–water partition coefficient (Wildman–Crippen LogP) is 1.30. The van der Waals surface area contributed by atoms with Gasteiger partial charge in [0, 0.05) is 14.2 Å². The van der Waals surface area contributed by atoms with E-state index in [-0.39, 0.29) is 5.56 Å². The molecule has 0 atom stereocenters. The first kappa shape index (κ1) is 12.4. The normalized spacial score (nSPS) is 10.8. The smallest absolute Gasteiger partial charge is 0.335 e. The number of nitrogens with zero attached hydrogens (tertiary/aromatic N) is 2. The lowest BCUT2D eigenvalue weighted by Crippen LogP contribution is -2.06. The van der Waals surface area contributed by atoms with Gasteiger partial charge < -0.3 is 19.1 Å². The monoisotopic (exact) mass is 250 g/mol. The fourth-order valence-electron chi connectivity index (χ4n) is 1.67. The molecule has 0 unspecified atom stereocenters. The van der Waals surface area contributed by atoms with Gasteiger partial charge in [-0.15, -0.1) is 0 Å². The Morgan fingerprint density at radius 3 is 2.89 bits per heavy atom. The van der Waals surface area contributed by atoms with Crippen molar-refractivity contribution in [1.29, 1.82) is 0 Å². The number of imidazole rings is 1. The second-order valence-corrected chi connectivity index (χ2v) is 3.84. The minimum atomic E-state index is -0.991. The van der Waals surface area contributed by atoms with Crippen LogP contribution in [0.2, 0.25) is 0 Å². The van der Waals surface area contributed by atoms with Gasteiger partial charge >= 0.3 is 5.97 Å². The molecule has 2 rings (SSSR count). The quantitative estimate of drug-likeness (QED) is 0.809. The molecule has 96 valence electrons. The lowest BCUT2D eigenvalue weighted by atomic mass is 10.2.